The van der Waals surface area contributed by atoms with Crippen molar-refractivity contribution in [1.82, 2.24) is 4.98 Å². The maximum absolute atomic E-state index is 12.5. The summed E-state index contributed by atoms with van der Waals surface area (Å²) in [6, 6.07) is 3.99. The average molecular weight is 240 g/mol. The Morgan fingerprint density at radius 2 is 2.12 bits per heavy atom. The van der Waals surface area contributed by atoms with Crippen molar-refractivity contribution in [3.8, 4) is 6.07 Å². The molecule has 1 aliphatic carbocycles. The number of nitrogens with zero attached hydrogens (tertiary/aromatic N) is 2. The third kappa shape index (κ3) is 2.41. The van der Waals surface area contributed by atoms with Gasteiger partial charge in [0.25, 0.3) is 0 Å². The second kappa shape index (κ2) is 4.36. The van der Waals surface area contributed by atoms with Gasteiger partial charge in [-0.3, -0.25) is 4.98 Å². The molecule has 0 spiro atoms. The minimum atomic E-state index is -4.38. The van der Waals surface area contributed by atoms with Crippen LogP contribution in [0.3, 0.4) is 0 Å². The monoisotopic (exact) mass is 240 g/mol. The van der Waals surface area contributed by atoms with Crippen LogP contribution >= 0.6 is 0 Å². The molecule has 0 N–H and O–H groups in total. The molecule has 0 saturated heterocycles. The summed E-state index contributed by atoms with van der Waals surface area (Å²) < 4.78 is 37.6. The topological polar surface area (TPSA) is 36.7 Å². The van der Waals surface area contributed by atoms with E-state index in [2.05, 4.69) is 11.1 Å². The summed E-state index contributed by atoms with van der Waals surface area (Å²) >= 11 is 0. The fourth-order valence-electron chi connectivity index (χ4n) is 1.98. The molecule has 1 saturated carbocycles. The lowest BCUT2D eigenvalue weighted by molar-refractivity contribution is -0.137. The largest absolute Gasteiger partial charge is 0.416 e. The summed E-state index contributed by atoms with van der Waals surface area (Å²) in [7, 11) is 0. The number of hydrogen-bond donors (Lipinski definition) is 0. The highest BCUT2D eigenvalue weighted by molar-refractivity contribution is 5.26. The Balaban J connectivity index is 2.29. The summed E-state index contributed by atoms with van der Waals surface area (Å²) in [4.78, 5) is 3.90. The third-order valence-electron chi connectivity index (χ3n) is 3.19. The quantitative estimate of drug-likeness (QED) is 0.793. The normalized spacial score (nSPS) is 18.2. The SMILES string of the molecule is N#CC(c1cc(C(F)(F)F)ccn1)C1CCC1. The van der Waals surface area contributed by atoms with Crippen LogP contribution in [0.4, 0.5) is 13.2 Å². The van der Waals surface area contributed by atoms with Gasteiger partial charge in [0.15, 0.2) is 0 Å². The van der Waals surface area contributed by atoms with Gasteiger partial charge >= 0.3 is 6.18 Å². The van der Waals surface area contributed by atoms with Crippen LogP contribution in [-0.4, -0.2) is 4.98 Å². The van der Waals surface area contributed by atoms with Gasteiger partial charge in [0.1, 0.15) is 0 Å². The number of hydrogen-bond acceptors (Lipinski definition) is 2. The van der Waals surface area contributed by atoms with Gasteiger partial charge in [-0.25, -0.2) is 0 Å². The fourth-order valence-corrected chi connectivity index (χ4v) is 1.98. The number of halogens is 3. The summed E-state index contributed by atoms with van der Waals surface area (Å²) in [6.07, 6.45) is -0.410. The Hall–Kier alpha value is -1.57. The molecular weight excluding hydrogens is 229 g/mol. The van der Waals surface area contributed by atoms with Crippen LogP contribution < -0.4 is 0 Å². The molecule has 2 rings (SSSR count). The van der Waals surface area contributed by atoms with Crippen LogP contribution in [0.2, 0.25) is 0 Å². The molecule has 1 aromatic heterocycles. The number of nitriles is 1. The van der Waals surface area contributed by atoms with Crippen LogP contribution in [0, 0.1) is 17.2 Å². The lowest BCUT2D eigenvalue weighted by Crippen LogP contribution is -2.20. The third-order valence-corrected chi connectivity index (χ3v) is 3.19. The van der Waals surface area contributed by atoms with Crippen molar-refractivity contribution >= 4 is 0 Å². The molecule has 1 aliphatic rings. The molecule has 1 aromatic rings. The van der Waals surface area contributed by atoms with E-state index in [1.54, 1.807) is 0 Å². The lowest BCUT2D eigenvalue weighted by atomic mass is 9.75. The van der Waals surface area contributed by atoms with Crippen molar-refractivity contribution in [1.29, 1.82) is 5.26 Å². The predicted octanol–water partition coefficient (Wildman–Crippen LogP) is 3.51. The molecule has 5 heteroatoms. The summed E-state index contributed by atoms with van der Waals surface area (Å²) in [5, 5.41) is 9.04. The van der Waals surface area contributed by atoms with E-state index < -0.39 is 17.7 Å². The molecule has 0 bridgehead atoms. The lowest BCUT2D eigenvalue weighted by Gasteiger charge is -2.29. The Morgan fingerprint density at radius 3 is 2.59 bits per heavy atom. The highest BCUT2D eigenvalue weighted by Gasteiger charge is 2.34. The zero-order valence-corrected chi connectivity index (χ0v) is 9.04. The van der Waals surface area contributed by atoms with Crippen molar-refractivity contribution < 1.29 is 13.2 Å². The summed E-state index contributed by atoms with van der Waals surface area (Å²) in [5.74, 6) is -0.345. The maximum atomic E-state index is 12.5. The van der Waals surface area contributed by atoms with Gasteiger partial charge in [-0.2, -0.15) is 18.4 Å². The molecule has 1 fully saturated rings. The summed E-state index contributed by atoms with van der Waals surface area (Å²) in [6.45, 7) is 0. The first-order valence-electron chi connectivity index (χ1n) is 5.45. The maximum Gasteiger partial charge on any atom is 0.416 e. The molecule has 17 heavy (non-hydrogen) atoms. The Morgan fingerprint density at radius 1 is 1.41 bits per heavy atom. The van der Waals surface area contributed by atoms with E-state index in [1.165, 1.54) is 0 Å². The van der Waals surface area contributed by atoms with Gasteiger partial charge in [0.05, 0.1) is 23.2 Å². The van der Waals surface area contributed by atoms with Crippen molar-refractivity contribution in [2.75, 3.05) is 0 Å². The van der Waals surface area contributed by atoms with E-state index in [0.717, 1.165) is 37.6 Å². The molecule has 0 amide bonds. The van der Waals surface area contributed by atoms with Crippen LogP contribution in [0.15, 0.2) is 18.3 Å². The molecule has 0 radical (unpaired) electrons. The van der Waals surface area contributed by atoms with Crippen LogP contribution in [0.1, 0.15) is 36.4 Å². The van der Waals surface area contributed by atoms with Crippen LogP contribution in [0.25, 0.3) is 0 Å². The second-order valence-electron chi connectivity index (χ2n) is 4.26. The molecule has 1 unspecified atom stereocenters. The van der Waals surface area contributed by atoms with Crippen molar-refractivity contribution in [3.63, 3.8) is 0 Å². The highest BCUT2D eigenvalue weighted by Crippen LogP contribution is 2.39. The minimum Gasteiger partial charge on any atom is -0.260 e. The van der Waals surface area contributed by atoms with E-state index in [0.29, 0.717) is 0 Å². The van der Waals surface area contributed by atoms with Gasteiger partial charge in [-0.05, 0) is 30.9 Å². The van der Waals surface area contributed by atoms with E-state index in [-0.39, 0.29) is 11.6 Å². The van der Waals surface area contributed by atoms with Gasteiger partial charge in [0, 0.05) is 6.20 Å². The van der Waals surface area contributed by atoms with Gasteiger partial charge in [-0.15, -0.1) is 0 Å². The fraction of sp³-hybridized carbons (Fsp3) is 0.500. The molecular formula is C12H11F3N2. The minimum absolute atomic E-state index is 0.163. The second-order valence-corrected chi connectivity index (χ2v) is 4.26. The Bertz CT molecular complexity index is 444. The van der Waals surface area contributed by atoms with Gasteiger partial charge < -0.3 is 0 Å². The number of pyridine rings is 1. The van der Waals surface area contributed by atoms with Crippen molar-refractivity contribution in [3.05, 3.63) is 29.6 Å². The van der Waals surface area contributed by atoms with E-state index in [4.69, 9.17) is 5.26 Å². The highest BCUT2D eigenvalue weighted by atomic mass is 19.4. The predicted molar refractivity (Wildman–Crippen MR) is 54.9 cm³/mol. The molecule has 90 valence electrons. The van der Waals surface area contributed by atoms with Crippen LogP contribution in [-0.2, 0) is 6.18 Å². The molecule has 0 aromatic carbocycles. The van der Waals surface area contributed by atoms with E-state index in [9.17, 15) is 13.2 Å². The van der Waals surface area contributed by atoms with Gasteiger partial charge in [0.2, 0.25) is 0 Å². The number of aromatic nitrogens is 1. The van der Waals surface area contributed by atoms with E-state index >= 15 is 0 Å². The zero-order chi connectivity index (χ0) is 12.5. The first kappa shape index (κ1) is 11.9. The van der Waals surface area contributed by atoms with Crippen molar-refractivity contribution in [2.45, 2.75) is 31.4 Å². The van der Waals surface area contributed by atoms with E-state index in [1.807, 2.05) is 0 Å². The first-order valence-corrected chi connectivity index (χ1v) is 5.45. The molecule has 1 heterocycles. The summed E-state index contributed by atoms with van der Waals surface area (Å²) in [5.41, 5.74) is -0.492. The number of alkyl halides is 3. The van der Waals surface area contributed by atoms with Crippen molar-refractivity contribution in [2.24, 2.45) is 5.92 Å². The van der Waals surface area contributed by atoms with Crippen LogP contribution in [0.5, 0.6) is 0 Å². The smallest absolute Gasteiger partial charge is 0.260 e. The first-order chi connectivity index (χ1) is 8.02. The molecule has 1 atom stereocenters. The molecule has 0 aliphatic heterocycles. The standard InChI is InChI=1S/C12H11F3N2/c13-12(14,15)9-4-5-17-11(6-9)10(7-16)8-2-1-3-8/h4-6,8,10H,1-3H2. The Labute approximate surface area is 97.1 Å². The zero-order valence-electron chi connectivity index (χ0n) is 9.04. The van der Waals surface area contributed by atoms with Gasteiger partial charge in [-0.1, -0.05) is 6.42 Å². The average Bonchev–Trinajstić information content (AvgIpc) is 2.22. The number of rotatable bonds is 2. The Kier molecular flexibility index (Phi) is 3.05. The molecule has 2 nitrogen and oxygen atoms in total.